The predicted octanol–water partition coefficient (Wildman–Crippen LogP) is 1.77. The van der Waals surface area contributed by atoms with E-state index in [1.165, 1.54) is 13.8 Å². The molecule has 1 aromatic rings. The molecule has 0 spiro atoms. The molecule has 0 saturated carbocycles. The van der Waals surface area contributed by atoms with Crippen molar-refractivity contribution in [1.29, 1.82) is 0 Å². The summed E-state index contributed by atoms with van der Waals surface area (Å²) >= 11 is 0. The third-order valence-electron chi connectivity index (χ3n) is 2.33. The lowest BCUT2D eigenvalue weighted by Gasteiger charge is -2.20. The summed E-state index contributed by atoms with van der Waals surface area (Å²) in [6, 6.07) is 5.35. The van der Waals surface area contributed by atoms with Crippen LogP contribution >= 0.6 is 0 Å². The van der Waals surface area contributed by atoms with Gasteiger partial charge in [-0.3, -0.25) is 0 Å². The standard InChI is InChI=1S/C11H17NO2S/c1-8-5-6-9(2)10(7-8)15(13,14)11(3,4)12/h5-7H,12H2,1-4H3. The van der Waals surface area contributed by atoms with Crippen molar-refractivity contribution in [3.63, 3.8) is 0 Å². The van der Waals surface area contributed by atoms with Crippen molar-refractivity contribution in [2.75, 3.05) is 0 Å². The van der Waals surface area contributed by atoms with Gasteiger partial charge >= 0.3 is 0 Å². The minimum absolute atomic E-state index is 0.329. The van der Waals surface area contributed by atoms with Crippen molar-refractivity contribution in [2.45, 2.75) is 37.5 Å². The average molecular weight is 227 g/mol. The molecule has 1 aromatic carbocycles. The monoisotopic (exact) mass is 227 g/mol. The second kappa shape index (κ2) is 3.61. The van der Waals surface area contributed by atoms with Crippen molar-refractivity contribution >= 4 is 9.84 Å². The highest BCUT2D eigenvalue weighted by Crippen LogP contribution is 2.24. The zero-order valence-electron chi connectivity index (χ0n) is 9.53. The van der Waals surface area contributed by atoms with Gasteiger partial charge in [-0.25, -0.2) is 8.42 Å². The van der Waals surface area contributed by atoms with Crippen LogP contribution in [-0.2, 0) is 9.84 Å². The number of nitrogens with two attached hydrogens (primary N) is 1. The molecule has 0 radical (unpaired) electrons. The zero-order valence-corrected chi connectivity index (χ0v) is 10.4. The van der Waals surface area contributed by atoms with Gasteiger partial charge in [0.25, 0.3) is 0 Å². The summed E-state index contributed by atoms with van der Waals surface area (Å²) in [5, 5.41) is 0. The summed E-state index contributed by atoms with van der Waals surface area (Å²) in [5.74, 6) is 0. The topological polar surface area (TPSA) is 60.2 Å². The minimum Gasteiger partial charge on any atom is -0.313 e. The Labute approximate surface area is 91.2 Å². The van der Waals surface area contributed by atoms with Crippen molar-refractivity contribution in [3.8, 4) is 0 Å². The Kier molecular flexibility index (Phi) is 2.94. The first kappa shape index (κ1) is 12.2. The fourth-order valence-corrected chi connectivity index (χ4v) is 2.68. The van der Waals surface area contributed by atoms with E-state index in [4.69, 9.17) is 5.73 Å². The van der Waals surface area contributed by atoms with Gasteiger partial charge < -0.3 is 5.73 Å². The highest BCUT2D eigenvalue weighted by Gasteiger charge is 2.32. The highest BCUT2D eigenvalue weighted by molar-refractivity contribution is 7.92. The van der Waals surface area contributed by atoms with E-state index in [-0.39, 0.29) is 0 Å². The van der Waals surface area contributed by atoms with Gasteiger partial charge in [0.15, 0.2) is 9.84 Å². The normalized spacial score (nSPS) is 12.9. The summed E-state index contributed by atoms with van der Waals surface area (Å²) in [6.07, 6.45) is 0. The lowest BCUT2D eigenvalue weighted by Crippen LogP contribution is -2.41. The summed E-state index contributed by atoms with van der Waals surface area (Å²) < 4.78 is 24.2. The molecule has 0 aliphatic carbocycles. The number of sulfone groups is 1. The largest absolute Gasteiger partial charge is 0.313 e. The van der Waals surface area contributed by atoms with Crippen LogP contribution in [0, 0.1) is 13.8 Å². The molecule has 0 aromatic heterocycles. The molecule has 3 nitrogen and oxygen atoms in total. The van der Waals surface area contributed by atoms with Gasteiger partial charge in [0.05, 0.1) is 4.90 Å². The molecule has 0 aliphatic rings. The number of rotatable bonds is 2. The van der Waals surface area contributed by atoms with E-state index < -0.39 is 14.7 Å². The molecule has 84 valence electrons. The number of aryl methyl sites for hydroxylation is 2. The molecule has 1 rings (SSSR count). The SMILES string of the molecule is Cc1ccc(C)c(S(=O)(=O)C(C)(C)N)c1. The van der Waals surface area contributed by atoms with E-state index in [0.717, 1.165) is 11.1 Å². The van der Waals surface area contributed by atoms with Gasteiger partial charge in [-0.15, -0.1) is 0 Å². The van der Waals surface area contributed by atoms with Crippen molar-refractivity contribution < 1.29 is 8.42 Å². The van der Waals surface area contributed by atoms with Crippen LogP contribution in [0.15, 0.2) is 23.1 Å². The summed E-state index contributed by atoms with van der Waals surface area (Å²) in [4.78, 5) is -0.916. The van der Waals surface area contributed by atoms with Gasteiger partial charge in [-0.2, -0.15) is 0 Å². The van der Waals surface area contributed by atoms with Gasteiger partial charge in [0.1, 0.15) is 4.87 Å². The quantitative estimate of drug-likeness (QED) is 0.837. The van der Waals surface area contributed by atoms with Crippen LogP contribution in [0.2, 0.25) is 0 Å². The van der Waals surface area contributed by atoms with E-state index in [1.807, 2.05) is 13.0 Å². The van der Waals surface area contributed by atoms with E-state index in [9.17, 15) is 8.42 Å². The lowest BCUT2D eigenvalue weighted by molar-refractivity contribution is 0.552. The van der Waals surface area contributed by atoms with Gasteiger partial charge in [-0.1, -0.05) is 12.1 Å². The Morgan fingerprint density at radius 3 is 2.20 bits per heavy atom. The molecular weight excluding hydrogens is 210 g/mol. The number of hydrogen-bond acceptors (Lipinski definition) is 3. The molecule has 2 N–H and O–H groups in total. The fourth-order valence-electron chi connectivity index (χ4n) is 1.28. The molecule has 0 bridgehead atoms. The van der Waals surface area contributed by atoms with Crippen molar-refractivity contribution in [3.05, 3.63) is 29.3 Å². The fraction of sp³-hybridized carbons (Fsp3) is 0.455. The first-order chi connectivity index (χ1) is 6.66. The molecule has 0 atom stereocenters. The van der Waals surface area contributed by atoms with Gasteiger partial charge in [0.2, 0.25) is 0 Å². The van der Waals surface area contributed by atoms with Gasteiger partial charge in [0, 0.05) is 0 Å². The van der Waals surface area contributed by atoms with Crippen molar-refractivity contribution in [2.24, 2.45) is 5.73 Å². The Bertz CT molecular complexity index is 470. The summed E-state index contributed by atoms with van der Waals surface area (Å²) in [5.41, 5.74) is 7.33. The van der Waals surface area contributed by atoms with Crippen LogP contribution in [0.1, 0.15) is 25.0 Å². The molecule has 0 aliphatic heterocycles. The maximum Gasteiger partial charge on any atom is 0.196 e. The summed E-state index contributed by atoms with van der Waals surface area (Å²) in [6.45, 7) is 6.65. The lowest BCUT2D eigenvalue weighted by atomic mass is 10.2. The molecule has 0 heterocycles. The Morgan fingerprint density at radius 1 is 1.20 bits per heavy atom. The van der Waals surface area contributed by atoms with E-state index in [1.54, 1.807) is 19.1 Å². The number of hydrogen-bond donors (Lipinski definition) is 1. The smallest absolute Gasteiger partial charge is 0.196 e. The Hall–Kier alpha value is -0.870. The van der Waals surface area contributed by atoms with E-state index in [0.29, 0.717) is 4.90 Å². The van der Waals surface area contributed by atoms with Crippen LogP contribution in [-0.4, -0.2) is 13.3 Å². The van der Waals surface area contributed by atoms with Crippen LogP contribution in [0.3, 0.4) is 0 Å². The van der Waals surface area contributed by atoms with E-state index in [2.05, 4.69) is 0 Å². The highest BCUT2D eigenvalue weighted by atomic mass is 32.2. The van der Waals surface area contributed by atoms with Crippen LogP contribution in [0.4, 0.5) is 0 Å². The van der Waals surface area contributed by atoms with Crippen LogP contribution in [0.25, 0.3) is 0 Å². The number of benzene rings is 1. The zero-order chi connectivity index (χ0) is 11.9. The maximum absolute atomic E-state index is 12.1. The van der Waals surface area contributed by atoms with Crippen molar-refractivity contribution in [1.82, 2.24) is 0 Å². The minimum atomic E-state index is -3.45. The molecule has 4 heteroatoms. The average Bonchev–Trinajstić information content (AvgIpc) is 2.07. The molecule has 0 fully saturated rings. The third kappa shape index (κ3) is 2.21. The Morgan fingerprint density at radius 2 is 1.73 bits per heavy atom. The molecule has 0 saturated heterocycles. The van der Waals surface area contributed by atoms with E-state index >= 15 is 0 Å². The molecule has 0 amide bonds. The second-order valence-corrected chi connectivity index (χ2v) is 6.87. The molecule has 15 heavy (non-hydrogen) atoms. The summed E-state index contributed by atoms with van der Waals surface area (Å²) in [7, 11) is -3.45. The second-order valence-electron chi connectivity index (χ2n) is 4.38. The maximum atomic E-state index is 12.1. The molecule has 0 unspecified atom stereocenters. The first-order valence-electron chi connectivity index (χ1n) is 4.77. The predicted molar refractivity (Wildman–Crippen MR) is 61.4 cm³/mol. The van der Waals surface area contributed by atoms with Crippen LogP contribution < -0.4 is 5.73 Å². The molecular formula is C11H17NO2S. The first-order valence-corrected chi connectivity index (χ1v) is 6.25. The Balaban J connectivity index is 3.47. The van der Waals surface area contributed by atoms with Gasteiger partial charge in [-0.05, 0) is 44.9 Å². The van der Waals surface area contributed by atoms with Crippen LogP contribution in [0.5, 0.6) is 0 Å². The third-order valence-corrected chi connectivity index (χ3v) is 4.73.